The van der Waals surface area contributed by atoms with Gasteiger partial charge in [0.2, 0.25) is 0 Å². The minimum Gasteiger partial charge on any atom is -0.303 e. The van der Waals surface area contributed by atoms with Gasteiger partial charge in [0.25, 0.3) is 0 Å². The van der Waals surface area contributed by atoms with Gasteiger partial charge in [-0.1, -0.05) is 13.0 Å². The summed E-state index contributed by atoms with van der Waals surface area (Å²) in [5, 5.41) is 8.61. The van der Waals surface area contributed by atoms with Crippen molar-refractivity contribution in [1.29, 1.82) is 0 Å². The van der Waals surface area contributed by atoms with Crippen LogP contribution < -0.4 is 0 Å². The molecule has 1 saturated heterocycles. The van der Waals surface area contributed by atoms with E-state index in [-0.39, 0.29) is 0 Å². The molecule has 0 radical (unpaired) electrons. The summed E-state index contributed by atoms with van der Waals surface area (Å²) in [6.07, 6.45) is 4.56. The number of rotatable bonds is 2. The van der Waals surface area contributed by atoms with Crippen molar-refractivity contribution in [2.45, 2.75) is 25.7 Å². The van der Waals surface area contributed by atoms with Crippen LogP contribution in [-0.4, -0.2) is 39.1 Å². The third-order valence-corrected chi connectivity index (χ3v) is 3.66. The Bertz CT molecular complexity index is 505. The van der Waals surface area contributed by atoms with Gasteiger partial charge in [0, 0.05) is 18.7 Å². The Hall–Kier alpha value is -1.42. The van der Waals surface area contributed by atoms with E-state index in [1.807, 2.05) is 18.2 Å². The molecular formula is C13H18N4. The Morgan fingerprint density at radius 3 is 3.18 bits per heavy atom. The van der Waals surface area contributed by atoms with Crippen LogP contribution in [0.15, 0.2) is 24.4 Å². The van der Waals surface area contributed by atoms with Crippen molar-refractivity contribution in [2.75, 3.05) is 19.6 Å². The lowest BCUT2D eigenvalue weighted by molar-refractivity contribution is 0.213. The van der Waals surface area contributed by atoms with Gasteiger partial charge in [-0.3, -0.25) is 4.40 Å². The van der Waals surface area contributed by atoms with E-state index >= 15 is 0 Å². The normalized spacial score (nSPS) is 22.1. The van der Waals surface area contributed by atoms with Gasteiger partial charge in [0.05, 0.1) is 0 Å². The first-order valence-electron chi connectivity index (χ1n) is 6.40. The number of hydrogen-bond donors (Lipinski definition) is 0. The highest BCUT2D eigenvalue weighted by molar-refractivity contribution is 5.37. The molecule has 4 nitrogen and oxygen atoms in total. The Labute approximate surface area is 101 Å². The van der Waals surface area contributed by atoms with Crippen LogP contribution in [0.25, 0.3) is 5.65 Å². The maximum atomic E-state index is 4.37. The number of hydrogen-bond acceptors (Lipinski definition) is 3. The quantitative estimate of drug-likeness (QED) is 0.790. The molecule has 1 fully saturated rings. The lowest BCUT2D eigenvalue weighted by atomic mass is 9.97. The first-order valence-corrected chi connectivity index (χ1v) is 6.40. The van der Waals surface area contributed by atoms with E-state index in [9.17, 15) is 0 Å². The Morgan fingerprint density at radius 1 is 1.35 bits per heavy atom. The number of likely N-dealkylation sites (tertiary alicyclic amines) is 1. The van der Waals surface area contributed by atoms with Crippen molar-refractivity contribution in [3.63, 3.8) is 0 Å². The lowest BCUT2D eigenvalue weighted by Crippen LogP contribution is -2.34. The molecule has 1 unspecified atom stereocenters. The summed E-state index contributed by atoms with van der Waals surface area (Å²) in [5.74, 6) is 1.65. The molecule has 0 amide bonds. The Morgan fingerprint density at radius 2 is 2.29 bits per heavy atom. The number of aromatic nitrogens is 3. The molecule has 4 heteroatoms. The number of nitrogens with zero attached hydrogens (tertiary/aromatic N) is 4. The van der Waals surface area contributed by atoms with Crippen LogP contribution in [0.3, 0.4) is 0 Å². The second-order valence-corrected chi connectivity index (χ2v) is 4.72. The van der Waals surface area contributed by atoms with E-state index in [1.165, 1.54) is 19.4 Å². The minimum absolute atomic E-state index is 0.529. The molecule has 1 aliphatic heterocycles. The highest BCUT2D eigenvalue weighted by Gasteiger charge is 2.24. The molecule has 0 aromatic carbocycles. The van der Waals surface area contributed by atoms with Crippen LogP contribution >= 0.6 is 0 Å². The Balaban J connectivity index is 1.92. The molecule has 0 spiro atoms. The van der Waals surface area contributed by atoms with Crippen molar-refractivity contribution in [1.82, 2.24) is 19.5 Å². The van der Waals surface area contributed by atoms with Gasteiger partial charge in [-0.05, 0) is 38.1 Å². The van der Waals surface area contributed by atoms with Crippen LogP contribution in [0.5, 0.6) is 0 Å². The van der Waals surface area contributed by atoms with Gasteiger partial charge in [-0.15, -0.1) is 10.2 Å². The summed E-state index contributed by atoms with van der Waals surface area (Å²) in [4.78, 5) is 2.50. The molecule has 0 N–H and O–H groups in total. The van der Waals surface area contributed by atoms with E-state index in [2.05, 4.69) is 32.6 Å². The van der Waals surface area contributed by atoms with Crippen LogP contribution in [-0.2, 0) is 0 Å². The maximum Gasteiger partial charge on any atom is 0.160 e. The predicted octanol–water partition coefficient (Wildman–Crippen LogP) is 1.93. The zero-order chi connectivity index (χ0) is 11.7. The first kappa shape index (κ1) is 10.7. The molecule has 90 valence electrons. The summed E-state index contributed by atoms with van der Waals surface area (Å²) in [6, 6.07) is 6.06. The molecule has 3 rings (SSSR count). The minimum atomic E-state index is 0.529. The molecule has 2 aromatic rings. The van der Waals surface area contributed by atoms with Gasteiger partial charge in [0.15, 0.2) is 5.65 Å². The van der Waals surface area contributed by atoms with Crippen molar-refractivity contribution >= 4 is 5.65 Å². The fourth-order valence-corrected chi connectivity index (χ4v) is 2.69. The summed E-state index contributed by atoms with van der Waals surface area (Å²) in [6.45, 7) is 5.70. The molecule has 0 saturated carbocycles. The Kier molecular flexibility index (Phi) is 2.81. The molecule has 0 bridgehead atoms. The van der Waals surface area contributed by atoms with Crippen molar-refractivity contribution < 1.29 is 0 Å². The van der Waals surface area contributed by atoms with Gasteiger partial charge < -0.3 is 4.90 Å². The molecule has 1 atom stereocenters. The molecular weight excluding hydrogens is 212 g/mol. The fraction of sp³-hybridized carbons (Fsp3) is 0.538. The first-order chi connectivity index (χ1) is 8.38. The molecule has 2 aromatic heterocycles. The maximum absolute atomic E-state index is 4.37. The average molecular weight is 230 g/mol. The largest absolute Gasteiger partial charge is 0.303 e. The van der Waals surface area contributed by atoms with Crippen LogP contribution in [0.4, 0.5) is 0 Å². The zero-order valence-electron chi connectivity index (χ0n) is 10.2. The smallest absolute Gasteiger partial charge is 0.160 e. The topological polar surface area (TPSA) is 33.4 Å². The lowest BCUT2D eigenvalue weighted by Gasteiger charge is -2.30. The second kappa shape index (κ2) is 4.45. The highest BCUT2D eigenvalue weighted by atomic mass is 15.3. The van der Waals surface area contributed by atoms with Crippen molar-refractivity contribution in [3.05, 3.63) is 30.2 Å². The zero-order valence-corrected chi connectivity index (χ0v) is 10.2. The van der Waals surface area contributed by atoms with E-state index in [0.29, 0.717) is 5.92 Å². The van der Waals surface area contributed by atoms with Gasteiger partial charge in [-0.25, -0.2) is 0 Å². The number of pyridine rings is 1. The summed E-state index contributed by atoms with van der Waals surface area (Å²) < 4.78 is 2.13. The molecule has 17 heavy (non-hydrogen) atoms. The standard InChI is InChI=1S/C13H18N4/c1-2-16-8-5-6-11(10-16)13-15-14-12-7-3-4-9-17(12)13/h3-4,7,9,11H,2,5-6,8,10H2,1H3. The SMILES string of the molecule is CCN1CCCC(c2nnc3ccccn23)C1. The predicted molar refractivity (Wildman–Crippen MR) is 67.1 cm³/mol. The number of likely N-dealkylation sites (N-methyl/N-ethyl adjacent to an activating group) is 1. The van der Waals surface area contributed by atoms with E-state index in [1.54, 1.807) is 0 Å². The van der Waals surface area contributed by atoms with Gasteiger partial charge >= 0.3 is 0 Å². The van der Waals surface area contributed by atoms with Crippen molar-refractivity contribution in [2.24, 2.45) is 0 Å². The molecule has 1 aliphatic rings. The average Bonchev–Trinajstić information content (AvgIpc) is 2.82. The molecule has 3 heterocycles. The number of piperidine rings is 1. The van der Waals surface area contributed by atoms with Gasteiger partial charge in [-0.2, -0.15) is 0 Å². The van der Waals surface area contributed by atoms with E-state index < -0.39 is 0 Å². The summed E-state index contributed by atoms with van der Waals surface area (Å²) >= 11 is 0. The second-order valence-electron chi connectivity index (χ2n) is 4.72. The van der Waals surface area contributed by atoms with Crippen molar-refractivity contribution in [3.8, 4) is 0 Å². The fourth-order valence-electron chi connectivity index (χ4n) is 2.69. The number of fused-ring (bicyclic) bond motifs is 1. The summed E-state index contributed by atoms with van der Waals surface area (Å²) in [7, 11) is 0. The van der Waals surface area contributed by atoms with Gasteiger partial charge in [0.1, 0.15) is 5.82 Å². The van der Waals surface area contributed by atoms with Crippen LogP contribution in [0.1, 0.15) is 31.5 Å². The van der Waals surface area contributed by atoms with E-state index in [4.69, 9.17) is 0 Å². The highest BCUT2D eigenvalue weighted by Crippen LogP contribution is 2.25. The third-order valence-electron chi connectivity index (χ3n) is 3.66. The monoisotopic (exact) mass is 230 g/mol. The van der Waals surface area contributed by atoms with Crippen LogP contribution in [0.2, 0.25) is 0 Å². The summed E-state index contributed by atoms with van der Waals surface area (Å²) in [5.41, 5.74) is 0.955. The molecule has 0 aliphatic carbocycles. The van der Waals surface area contributed by atoms with Crippen LogP contribution in [0, 0.1) is 0 Å². The van der Waals surface area contributed by atoms with E-state index in [0.717, 1.165) is 24.6 Å². The third kappa shape index (κ3) is 1.93.